The molecule has 43 heavy (non-hydrogen) atoms. The molecule has 0 saturated carbocycles. The Balaban J connectivity index is 1.41. The lowest BCUT2D eigenvalue weighted by Crippen LogP contribution is -2.41. The lowest BCUT2D eigenvalue weighted by Gasteiger charge is -2.40. The molecule has 0 radical (unpaired) electrons. The van der Waals surface area contributed by atoms with Crippen molar-refractivity contribution in [2.45, 2.75) is 44.3 Å². The number of rotatable bonds is 2. The fourth-order valence-corrected chi connectivity index (χ4v) is 6.96. The standard InChI is InChI=1S/C38H30BNO3/c1-36(2)37(3,4)43-39(42-36)27-18-20-35-33(22-27)38(30-11-7-5-9-28(30)29-10-6-8-12-31(29)38)32-21-26(17-19-34(32)41-35)25-15-13-24(23-40)14-16-25/h5-22H,1-4H3. The van der Waals surface area contributed by atoms with E-state index in [1.807, 2.05) is 24.3 Å². The molecule has 3 aliphatic rings. The second-order valence-electron chi connectivity index (χ2n) is 12.7. The highest BCUT2D eigenvalue weighted by Gasteiger charge is 2.54. The minimum absolute atomic E-state index is 0.448. The van der Waals surface area contributed by atoms with Crippen molar-refractivity contribution in [2.24, 2.45) is 0 Å². The molecule has 0 unspecified atom stereocenters. The van der Waals surface area contributed by atoms with Gasteiger partial charge in [-0.2, -0.15) is 5.26 Å². The Bertz CT molecular complexity index is 1920. The molecule has 4 nitrogen and oxygen atoms in total. The quantitative estimate of drug-likeness (QED) is 0.202. The van der Waals surface area contributed by atoms with Crippen LogP contribution < -0.4 is 10.2 Å². The predicted molar refractivity (Wildman–Crippen MR) is 170 cm³/mol. The highest BCUT2D eigenvalue weighted by Crippen LogP contribution is 2.62. The third-order valence-corrected chi connectivity index (χ3v) is 9.84. The maximum Gasteiger partial charge on any atom is 0.494 e. The molecule has 0 atom stereocenters. The Hall–Kier alpha value is -4.63. The summed E-state index contributed by atoms with van der Waals surface area (Å²) in [6.07, 6.45) is 0. The predicted octanol–water partition coefficient (Wildman–Crippen LogP) is 7.99. The van der Waals surface area contributed by atoms with E-state index in [-0.39, 0.29) is 0 Å². The Morgan fingerprint density at radius 1 is 0.581 bits per heavy atom. The van der Waals surface area contributed by atoms with Gasteiger partial charge in [-0.1, -0.05) is 78.9 Å². The number of fused-ring (bicyclic) bond motifs is 9. The minimum atomic E-state index is -0.613. The van der Waals surface area contributed by atoms with Crippen LogP contribution in [0.4, 0.5) is 0 Å². The summed E-state index contributed by atoms with van der Waals surface area (Å²) in [5.74, 6) is 1.66. The summed E-state index contributed by atoms with van der Waals surface area (Å²) in [6, 6.07) is 40.2. The molecule has 0 bridgehead atoms. The minimum Gasteiger partial charge on any atom is -0.457 e. The number of ether oxygens (including phenoxy) is 1. The molecule has 0 aromatic heterocycles. The van der Waals surface area contributed by atoms with Gasteiger partial charge in [-0.15, -0.1) is 0 Å². The molecule has 1 saturated heterocycles. The van der Waals surface area contributed by atoms with Crippen LogP contribution in [-0.2, 0) is 14.7 Å². The number of nitrogens with zero attached hydrogens (tertiary/aromatic N) is 1. The van der Waals surface area contributed by atoms with E-state index in [1.54, 1.807) is 0 Å². The highest BCUT2D eigenvalue weighted by atomic mass is 16.7. The maximum atomic E-state index is 9.35. The third kappa shape index (κ3) is 3.58. The molecule has 0 N–H and O–H groups in total. The molecule has 208 valence electrons. The molecule has 1 spiro atoms. The monoisotopic (exact) mass is 559 g/mol. The first-order chi connectivity index (χ1) is 20.7. The first-order valence-corrected chi connectivity index (χ1v) is 14.8. The van der Waals surface area contributed by atoms with Gasteiger partial charge >= 0.3 is 7.12 Å². The summed E-state index contributed by atoms with van der Waals surface area (Å²) in [4.78, 5) is 0. The van der Waals surface area contributed by atoms with Gasteiger partial charge in [0.1, 0.15) is 11.5 Å². The summed E-state index contributed by atoms with van der Waals surface area (Å²) in [5, 5.41) is 9.35. The fraction of sp³-hybridized carbons (Fsp3) is 0.184. The van der Waals surface area contributed by atoms with Crippen LogP contribution in [0, 0.1) is 11.3 Å². The van der Waals surface area contributed by atoms with Gasteiger partial charge in [0.05, 0.1) is 28.2 Å². The summed E-state index contributed by atoms with van der Waals surface area (Å²) in [7, 11) is -0.495. The van der Waals surface area contributed by atoms with Crippen LogP contribution in [0.15, 0.2) is 109 Å². The summed E-state index contributed by atoms with van der Waals surface area (Å²) >= 11 is 0. The van der Waals surface area contributed by atoms with Crippen LogP contribution in [0.2, 0.25) is 0 Å². The molecule has 1 fully saturated rings. The zero-order chi connectivity index (χ0) is 29.6. The largest absolute Gasteiger partial charge is 0.494 e. The SMILES string of the molecule is CC1(C)OB(c2ccc3c(c2)C2(c4cc(-c5ccc(C#N)cc5)ccc4O3)c3ccccc3-c3ccccc32)OC1(C)C. The van der Waals surface area contributed by atoms with E-state index in [0.29, 0.717) is 5.56 Å². The molecule has 0 amide bonds. The number of hydrogen-bond acceptors (Lipinski definition) is 4. The van der Waals surface area contributed by atoms with Crippen molar-refractivity contribution in [1.29, 1.82) is 5.26 Å². The zero-order valence-electron chi connectivity index (χ0n) is 24.6. The lowest BCUT2D eigenvalue weighted by atomic mass is 9.64. The maximum absolute atomic E-state index is 9.35. The van der Waals surface area contributed by atoms with Gasteiger partial charge in [0, 0.05) is 11.1 Å². The number of nitriles is 1. The van der Waals surface area contributed by atoms with E-state index in [1.165, 1.54) is 22.3 Å². The zero-order valence-corrected chi connectivity index (χ0v) is 24.6. The fourth-order valence-electron chi connectivity index (χ4n) is 6.96. The van der Waals surface area contributed by atoms with Crippen molar-refractivity contribution in [3.63, 3.8) is 0 Å². The van der Waals surface area contributed by atoms with Crippen LogP contribution in [0.1, 0.15) is 55.5 Å². The average Bonchev–Trinajstić information content (AvgIpc) is 3.44. The van der Waals surface area contributed by atoms with Crippen molar-refractivity contribution in [2.75, 3.05) is 0 Å². The number of benzene rings is 5. The van der Waals surface area contributed by atoms with Crippen LogP contribution in [0.5, 0.6) is 11.5 Å². The second kappa shape index (κ2) is 8.94. The summed E-state index contributed by atoms with van der Waals surface area (Å²) in [5.41, 5.74) is 9.28. The Kier molecular flexibility index (Phi) is 5.41. The van der Waals surface area contributed by atoms with Gasteiger partial charge in [0.25, 0.3) is 0 Å². The molecule has 5 aromatic carbocycles. The third-order valence-electron chi connectivity index (χ3n) is 9.84. The Morgan fingerprint density at radius 2 is 1.12 bits per heavy atom. The van der Waals surface area contributed by atoms with Gasteiger partial charge in [-0.3, -0.25) is 0 Å². The first-order valence-electron chi connectivity index (χ1n) is 14.8. The Morgan fingerprint density at radius 3 is 1.72 bits per heavy atom. The topological polar surface area (TPSA) is 51.5 Å². The van der Waals surface area contributed by atoms with Gasteiger partial charge < -0.3 is 14.0 Å². The molecule has 1 aliphatic carbocycles. The van der Waals surface area contributed by atoms with Crippen LogP contribution in [0.3, 0.4) is 0 Å². The van der Waals surface area contributed by atoms with Gasteiger partial charge in [0.15, 0.2) is 0 Å². The lowest BCUT2D eigenvalue weighted by molar-refractivity contribution is 0.00578. The van der Waals surface area contributed by atoms with Gasteiger partial charge in [-0.25, -0.2) is 0 Å². The molecular weight excluding hydrogens is 529 g/mol. The van der Waals surface area contributed by atoms with E-state index < -0.39 is 23.7 Å². The second-order valence-corrected chi connectivity index (χ2v) is 12.7. The highest BCUT2D eigenvalue weighted by molar-refractivity contribution is 6.62. The van der Waals surface area contributed by atoms with Crippen LogP contribution in [-0.4, -0.2) is 18.3 Å². The molecule has 5 aromatic rings. The van der Waals surface area contributed by atoms with E-state index >= 15 is 0 Å². The van der Waals surface area contributed by atoms with Crippen molar-refractivity contribution in [3.8, 4) is 39.8 Å². The first kappa shape index (κ1) is 26.0. The molecule has 8 rings (SSSR count). The van der Waals surface area contributed by atoms with E-state index in [0.717, 1.165) is 39.2 Å². The van der Waals surface area contributed by atoms with E-state index in [4.69, 9.17) is 14.0 Å². The van der Waals surface area contributed by atoms with Crippen LogP contribution >= 0.6 is 0 Å². The van der Waals surface area contributed by atoms with Crippen molar-refractivity contribution < 1.29 is 14.0 Å². The van der Waals surface area contributed by atoms with Gasteiger partial charge in [-0.05, 0) is 96.9 Å². The number of hydrogen-bond donors (Lipinski definition) is 0. The summed E-state index contributed by atoms with van der Waals surface area (Å²) < 4.78 is 19.7. The van der Waals surface area contributed by atoms with Crippen molar-refractivity contribution >= 4 is 12.6 Å². The average molecular weight is 559 g/mol. The van der Waals surface area contributed by atoms with Crippen molar-refractivity contribution in [3.05, 3.63) is 137 Å². The molecule has 2 aliphatic heterocycles. The van der Waals surface area contributed by atoms with Crippen LogP contribution in [0.25, 0.3) is 22.3 Å². The smallest absolute Gasteiger partial charge is 0.457 e. The van der Waals surface area contributed by atoms with E-state index in [2.05, 4.69) is 119 Å². The molecular formula is C38H30BNO3. The van der Waals surface area contributed by atoms with Crippen molar-refractivity contribution in [1.82, 2.24) is 0 Å². The van der Waals surface area contributed by atoms with Gasteiger partial charge in [0.2, 0.25) is 0 Å². The normalized spacial score (nSPS) is 17.8. The molecule has 5 heteroatoms. The molecule has 2 heterocycles. The Labute approximate surface area is 252 Å². The van der Waals surface area contributed by atoms with E-state index in [9.17, 15) is 5.26 Å². The summed E-state index contributed by atoms with van der Waals surface area (Å²) in [6.45, 7) is 8.33.